The number of fused-ring (bicyclic) bond motifs is 6. The second-order valence-corrected chi connectivity index (χ2v) is 20.5. The third kappa shape index (κ3) is 5.97. The molecule has 270 valence electrons. The second kappa shape index (κ2) is 11.6. The molecule has 0 radical (unpaired) electrons. The minimum atomic E-state index is -0.162. The van der Waals surface area contributed by atoms with Crippen LogP contribution >= 0.6 is 0 Å². The maximum atomic E-state index is 2.55. The predicted molar refractivity (Wildman–Crippen MR) is 229 cm³/mol. The lowest BCUT2D eigenvalue weighted by Crippen LogP contribution is -2.19. The van der Waals surface area contributed by atoms with E-state index in [0.717, 1.165) is 0 Å². The zero-order chi connectivity index (χ0) is 37.9. The van der Waals surface area contributed by atoms with Gasteiger partial charge >= 0.3 is 0 Å². The molecule has 0 aliphatic rings. The van der Waals surface area contributed by atoms with Crippen LogP contribution < -0.4 is 0 Å². The van der Waals surface area contributed by atoms with E-state index in [4.69, 9.17) is 0 Å². The van der Waals surface area contributed by atoms with E-state index in [9.17, 15) is 0 Å². The molecule has 2 aromatic heterocycles. The number of benzene rings is 5. The van der Waals surface area contributed by atoms with E-state index in [1.165, 1.54) is 82.8 Å². The summed E-state index contributed by atoms with van der Waals surface area (Å²) in [6, 6.07) is 35.6. The van der Waals surface area contributed by atoms with Gasteiger partial charge in [-0.15, -0.1) is 0 Å². The molecule has 0 bridgehead atoms. The highest BCUT2D eigenvalue weighted by Crippen LogP contribution is 2.44. The maximum absolute atomic E-state index is 2.55. The molecule has 2 heterocycles. The maximum Gasteiger partial charge on any atom is 0.0541 e. The Morgan fingerprint density at radius 1 is 0.308 bits per heavy atom. The van der Waals surface area contributed by atoms with Crippen molar-refractivity contribution >= 4 is 43.6 Å². The molecular formula is C50H60N2. The topological polar surface area (TPSA) is 9.86 Å². The average molecular weight is 689 g/mol. The zero-order valence-corrected chi connectivity index (χ0v) is 34.6. The molecule has 0 fully saturated rings. The minimum absolute atomic E-state index is 0.0526. The summed E-state index contributed by atoms with van der Waals surface area (Å²) in [5.41, 5.74) is 14.3. The van der Waals surface area contributed by atoms with Gasteiger partial charge in [-0.3, -0.25) is 0 Å². The highest BCUT2D eigenvalue weighted by atomic mass is 15.0. The Bertz CT molecular complexity index is 2200. The van der Waals surface area contributed by atoms with Crippen LogP contribution in [-0.2, 0) is 27.1 Å². The van der Waals surface area contributed by atoms with Gasteiger partial charge in [0.15, 0.2) is 0 Å². The molecule has 2 nitrogen and oxygen atoms in total. The van der Waals surface area contributed by atoms with Gasteiger partial charge in [-0.25, -0.2) is 0 Å². The standard InChI is InChI=1S/C50H60N2/c1-46(2,3)31-19-23-39-35(27-31)36-28-32(47(4,5)6)20-24-40(36)51(39)43-17-16-18-44(45(43)50(13,14)15)52-41-25-21-33(48(7,8)9)29-37(41)38-30-34(49(10,11)12)22-26-42(38)52/h16-30H,1-15H3. The Labute approximate surface area is 312 Å². The fourth-order valence-corrected chi connectivity index (χ4v) is 8.10. The van der Waals surface area contributed by atoms with Crippen LogP contribution in [0.15, 0.2) is 91.0 Å². The highest BCUT2D eigenvalue weighted by Gasteiger charge is 2.29. The van der Waals surface area contributed by atoms with Gasteiger partial charge in [-0.05, 0) is 110 Å². The molecule has 0 atom stereocenters. The normalized spacial score (nSPS) is 13.7. The molecule has 0 aliphatic carbocycles. The van der Waals surface area contributed by atoms with E-state index in [1.807, 2.05) is 0 Å². The van der Waals surface area contributed by atoms with Gasteiger partial charge in [0.05, 0.1) is 33.4 Å². The first-order valence-corrected chi connectivity index (χ1v) is 19.3. The summed E-state index contributed by atoms with van der Waals surface area (Å²) in [7, 11) is 0. The molecule has 7 aromatic rings. The minimum Gasteiger partial charge on any atom is -0.309 e. The molecule has 7 rings (SSSR count). The lowest BCUT2D eigenvalue weighted by Gasteiger charge is -2.29. The lowest BCUT2D eigenvalue weighted by molar-refractivity contribution is 0.584. The van der Waals surface area contributed by atoms with Crippen LogP contribution in [0.4, 0.5) is 0 Å². The van der Waals surface area contributed by atoms with Gasteiger partial charge in [0, 0.05) is 27.1 Å². The Kier molecular flexibility index (Phi) is 8.05. The van der Waals surface area contributed by atoms with Crippen molar-refractivity contribution < 1.29 is 0 Å². The summed E-state index contributed by atoms with van der Waals surface area (Å²) in [5, 5.41) is 5.28. The van der Waals surface area contributed by atoms with E-state index in [-0.39, 0.29) is 27.1 Å². The van der Waals surface area contributed by atoms with E-state index in [2.05, 4.69) is 204 Å². The Hall–Kier alpha value is -4.30. The van der Waals surface area contributed by atoms with Crippen molar-refractivity contribution in [3.05, 3.63) is 119 Å². The molecule has 5 aromatic carbocycles. The van der Waals surface area contributed by atoms with E-state index < -0.39 is 0 Å². The Balaban J connectivity index is 1.62. The largest absolute Gasteiger partial charge is 0.309 e. The summed E-state index contributed by atoms with van der Waals surface area (Å²) >= 11 is 0. The van der Waals surface area contributed by atoms with Crippen LogP contribution in [0.25, 0.3) is 55.0 Å². The van der Waals surface area contributed by atoms with Crippen molar-refractivity contribution in [3.8, 4) is 11.4 Å². The second-order valence-electron chi connectivity index (χ2n) is 20.5. The quantitative estimate of drug-likeness (QED) is 0.171. The molecule has 0 saturated heterocycles. The smallest absolute Gasteiger partial charge is 0.0541 e. The monoisotopic (exact) mass is 688 g/mol. The first-order valence-electron chi connectivity index (χ1n) is 19.3. The summed E-state index contributed by atoms with van der Waals surface area (Å²) in [6.45, 7) is 34.9. The predicted octanol–water partition coefficient (Wildman–Crippen LogP) is 14.4. The van der Waals surface area contributed by atoms with Gasteiger partial charge in [-0.1, -0.05) is 134 Å². The number of nitrogens with zero attached hydrogens (tertiary/aromatic N) is 2. The summed E-state index contributed by atoms with van der Waals surface area (Å²) in [5.74, 6) is 0. The fraction of sp³-hybridized carbons (Fsp3) is 0.400. The number of hydrogen-bond acceptors (Lipinski definition) is 0. The van der Waals surface area contributed by atoms with Crippen LogP contribution in [0.2, 0.25) is 0 Å². The van der Waals surface area contributed by atoms with Gasteiger partial charge < -0.3 is 9.13 Å². The molecular weight excluding hydrogens is 629 g/mol. The van der Waals surface area contributed by atoms with Crippen molar-refractivity contribution in [1.82, 2.24) is 9.13 Å². The van der Waals surface area contributed by atoms with Crippen LogP contribution in [0.1, 0.15) is 132 Å². The van der Waals surface area contributed by atoms with Gasteiger partial charge in [-0.2, -0.15) is 0 Å². The van der Waals surface area contributed by atoms with Crippen LogP contribution in [0.5, 0.6) is 0 Å². The van der Waals surface area contributed by atoms with Crippen LogP contribution in [-0.4, -0.2) is 9.13 Å². The lowest BCUT2D eigenvalue weighted by atomic mass is 9.84. The molecule has 0 saturated carbocycles. The van der Waals surface area contributed by atoms with Crippen molar-refractivity contribution in [2.75, 3.05) is 0 Å². The molecule has 0 N–H and O–H groups in total. The fourth-order valence-electron chi connectivity index (χ4n) is 8.10. The molecule has 0 amide bonds. The summed E-state index contributed by atoms with van der Waals surface area (Å²) < 4.78 is 5.11. The van der Waals surface area contributed by atoms with Gasteiger partial charge in [0.25, 0.3) is 0 Å². The van der Waals surface area contributed by atoms with Crippen molar-refractivity contribution in [3.63, 3.8) is 0 Å². The highest BCUT2D eigenvalue weighted by molar-refractivity contribution is 6.11. The third-order valence-electron chi connectivity index (χ3n) is 11.2. The number of rotatable bonds is 2. The van der Waals surface area contributed by atoms with E-state index in [1.54, 1.807) is 0 Å². The SMILES string of the molecule is CC(C)(C)c1ccc2c(c1)c1cc(C(C)(C)C)ccc1n2-c1cccc(-n2c3ccc(C(C)(C)C)cc3c3cc(C(C)(C)C)ccc32)c1C(C)(C)C. The number of hydrogen-bond donors (Lipinski definition) is 0. The zero-order valence-electron chi connectivity index (χ0n) is 34.6. The molecule has 52 heavy (non-hydrogen) atoms. The van der Waals surface area contributed by atoms with Crippen molar-refractivity contribution in [1.29, 1.82) is 0 Å². The number of aromatic nitrogens is 2. The molecule has 2 heteroatoms. The molecule has 0 aliphatic heterocycles. The third-order valence-corrected chi connectivity index (χ3v) is 11.2. The van der Waals surface area contributed by atoms with Crippen LogP contribution in [0, 0.1) is 0 Å². The van der Waals surface area contributed by atoms with E-state index >= 15 is 0 Å². The Morgan fingerprint density at radius 3 is 0.769 bits per heavy atom. The van der Waals surface area contributed by atoms with Gasteiger partial charge in [0.1, 0.15) is 0 Å². The molecule has 0 unspecified atom stereocenters. The first-order chi connectivity index (χ1) is 24.0. The van der Waals surface area contributed by atoms with E-state index in [0.29, 0.717) is 0 Å². The van der Waals surface area contributed by atoms with Crippen molar-refractivity contribution in [2.45, 2.75) is 131 Å². The van der Waals surface area contributed by atoms with Crippen molar-refractivity contribution in [2.24, 2.45) is 0 Å². The average Bonchev–Trinajstić information content (AvgIpc) is 3.53. The first kappa shape index (κ1) is 36.1. The van der Waals surface area contributed by atoms with Gasteiger partial charge in [0.2, 0.25) is 0 Å². The van der Waals surface area contributed by atoms with Crippen LogP contribution in [0.3, 0.4) is 0 Å². The summed E-state index contributed by atoms with van der Waals surface area (Å²) in [6.07, 6.45) is 0. The molecule has 0 spiro atoms. The Morgan fingerprint density at radius 2 is 0.558 bits per heavy atom. The summed E-state index contributed by atoms with van der Waals surface area (Å²) in [4.78, 5) is 0.